The zero-order valence-corrected chi connectivity index (χ0v) is 14.3. The molecule has 0 aromatic heterocycles. The van der Waals surface area contributed by atoms with Crippen molar-refractivity contribution in [2.24, 2.45) is 0 Å². The summed E-state index contributed by atoms with van der Waals surface area (Å²) in [7, 11) is 0. The van der Waals surface area contributed by atoms with Crippen LogP contribution in [-0.2, 0) is 16.0 Å². The van der Waals surface area contributed by atoms with E-state index in [4.69, 9.17) is 0 Å². The van der Waals surface area contributed by atoms with Crippen LogP contribution in [0.3, 0.4) is 0 Å². The molecule has 4 heteroatoms. The van der Waals surface area contributed by atoms with E-state index >= 15 is 0 Å². The van der Waals surface area contributed by atoms with Crippen LogP contribution in [0.25, 0.3) is 0 Å². The zero-order valence-electron chi connectivity index (χ0n) is 14.3. The van der Waals surface area contributed by atoms with Gasteiger partial charge in [-0.2, -0.15) is 0 Å². The molecule has 4 nitrogen and oxygen atoms in total. The lowest BCUT2D eigenvalue weighted by Gasteiger charge is -2.31. The van der Waals surface area contributed by atoms with E-state index in [2.05, 4.69) is 5.32 Å². The first-order chi connectivity index (χ1) is 10.2. The molecule has 0 fully saturated rings. The Balaban J connectivity index is 2.75. The fraction of sp³-hybridized carbons (Fsp3) is 0.556. The lowest BCUT2D eigenvalue weighted by Crippen LogP contribution is -2.53. The van der Waals surface area contributed by atoms with Gasteiger partial charge in [-0.15, -0.1) is 0 Å². The molecule has 1 aromatic carbocycles. The molecule has 1 atom stereocenters. The zero-order chi connectivity index (χ0) is 16.8. The van der Waals surface area contributed by atoms with Gasteiger partial charge in [0.1, 0.15) is 6.04 Å². The van der Waals surface area contributed by atoms with Crippen LogP contribution in [0.1, 0.15) is 46.6 Å². The Hall–Kier alpha value is -1.84. The van der Waals surface area contributed by atoms with Crippen LogP contribution in [0, 0.1) is 0 Å². The maximum atomic E-state index is 12.3. The molecule has 122 valence electrons. The fourth-order valence-electron chi connectivity index (χ4n) is 2.25. The third-order valence-corrected chi connectivity index (χ3v) is 3.45. The quantitative estimate of drug-likeness (QED) is 0.878. The summed E-state index contributed by atoms with van der Waals surface area (Å²) in [4.78, 5) is 26.2. The Bertz CT molecular complexity index is 492. The summed E-state index contributed by atoms with van der Waals surface area (Å²) in [5, 5.41) is 2.94. The molecular weight excluding hydrogens is 276 g/mol. The average molecular weight is 304 g/mol. The molecule has 0 saturated heterocycles. The SMILES string of the molecule is CCC(=O)N(CCc1ccccc1)[C@H](C)C(=O)NC(C)(C)C. The fourth-order valence-corrected chi connectivity index (χ4v) is 2.25. The van der Waals surface area contributed by atoms with Crippen molar-refractivity contribution in [1.29, 1.82) is 0 Å². The van der Waals surface area contributed by atoms with Gasteiger partial charge in [0.05, 0.1) is 0 Å². The number of hydrogen-bond acceptors (Lipinski definition) is 2. The minimum Gasteiger partial charge on any atom is -0.350 e. The molecule has 0 spiro atoms. The van der Waals surface area contributed by atoms with Gasteiger partial charge in [-0.05, 0) is 39.7 Å². The number of hydrogen-bond donors (Lipinski definition) is 1. The van der Waals surface area contributed by atoms with Gasteiger partial charge in [-0.3, -0.25) is 9.59 Å². The predicted molar refractivity (Wildman–Crippen MR) is 89.5 cm³/mol. The number of carbonyl (C=O) groups is 2. The van der Waals surface area contributed by atoms with Crippen molar-refractivity contribution in [1.82, 2.24) is 10.2 Å². The summed E-state index contributed by atoms with van der Waals surface area (Å²) < 4.78 is 0. The molecule has 1 N–H and O–H groups in total. The first-order valence-electron chi connectivity index (χ1n) is 7.90. The Kier molecular flexibility index (Phi) is 6.60. The van der Waals surface area contributed by atoms with E-state index in [-0.39, 0.29) is 17.4 Å². The minimum absolute atomic E-state index is 0.00694. The van der Waals surface area contributed by atoms with E-state index in [0.29, 0.717) is 13.0 Å². The number of nitrogens with one attached hydrogen (secondary N) is 1. The van der Waals surface area contributed by atoms with E-state index in [1.807, 2.05) is 58.0 Å². The van der Waals surface area contributed by atoms with Crippen molar-refractivity contribution >= 4 is 11.8 Å². The molecular formula is C18H28N2O2. The monoisotopic (exact) mass is 304 g/mol. The summed E-state index contributed by atoms with van der Waals surface area (Å²) in [6.07, 6.45) is 1.15. The summed E-state index contributed by atoms with van der Waals surface area (Å²) >= 11 is 0. The number of amides is 2. The van der Waals surface area contributed by atoms with Crippen LogP contribution >= 0.6 is 0 Å². The van der Waals surface area contributed by atoms with Crippen molar-refractivity contribution in [2.45, 2.75) is 59.0 Å². The largest absolute Gasteiger partial charge is 0.350 e. The lowest BCUT2D eigenvalue weighted by molar-refractivity contribution is -0.140. The highest BCUT2D eigenvalue weighted by Gasteiger charge is 2.27. The maximum absolute atomic E-state index is 12.3. The van der Waals surface area contributed by atoms with Crippen LogP contribution < -0.4 is 5.32 Å². The molecule has 0 saturated carbocycles. The second-order valence-corrected chi connectivity index (χ2v) is 6.59. The van der Waals surface area contributed by atoms with E-state index < -0.39 is 6.04 Å². The molecule has 0 bridgehead atoms. The Labute approximate surface area is 133 Å². The molecule has 0 unspecified atom stereocenters. The van der Waals surface area contributed by atoms with Crippen LogP contribution in [-0.4, -0.2) is 34.8 Å². The van der Waals surface area contributed by atoms with Crippen molar-refractivity contribution < 1.29 is 9.59 Å². The highest BCUT2D eigenvalue weighted by atomic mass is 16.2. The van der Waals surface area contributed by atoms with Gasteiger partial charge < -0.3 is 10.2 Å². The van der Waals surface area contributed by atoms with Crippen LogP contribution in [0.4, 0.5) is 0 Å². The van der Waals surface area contributed by atoms with Gasteiger partial charge in [0, 0.05) is 18.5 Å². The maximum Gasteiger partial charge on any atom is 0.242 e. The Morgan fingerprint density at radius 3 is 2.27 bits per heavy atom. The third kappa shape index (κ3) is 5.88. The standard InChI is InChI=1S/C18H28N2O2/c1-6-16(21)20(13-12-15-10-8-7-9-11-15)14(2)17(22)19-18(3,4)5/h7-11,14H,6,12-13H2,1-5H3,(H,19,22)/t14-/m1/s1. The van der Waals surface area contributed by atoms with Crippen molar-refractivity contribution in [3.63, 3.8) is 0 Å². The average Bonchev–Trinajstić information content (AvgIpc) is 2.46. The summed E-state index contributed by atoms with van der Waals surface area (Å²) in [6.45, 7) is 9.98. The summed E-state index contributed by atoms with van der Waals surface area (Å²) in [5.41, 5.74) is 0.867. The van der Waals surface area contributed by atoms with Crippen molar-refractivity contribution in [2.75, 3.05) is 6.54 Å². The third-order valence-electron chi connectivity index (χ3n) is 3.45. The number of benzene rings is 1. The molecule has 0 aliphatic heterocycles. The highest BCUT2D eigenvalue weighted by molar-refractivity contribution is 5.87. The van der Waals surface area contributed by atoms with E-state index in [1.165, 1.54) is 5.56 Å². The molecule has 0 aliphatic rings. The predicted octanol–water partition coefficient (Wildman–Crippen LogP) is 2.77. The first kappa shape index (κ1) is 18.2. The van der Waals surface area contributed by atoms with E-state index in [1.54, 1.807) is 11.8 Å². The molecule has 2 amide bonds. The number of carbonyl (C=O) groups excluding carboxylic acids is 2. The highest BCUT2D eigenvalue weighted by Crippen LogP contribution is 2.09. The molecule has 0 radical (unpaired) electrons. The van der Waals surface area contributed by atoms with Gasteiger partial charge >= 0.3 is 0 Å². The second-order valence-electron chi connectivity index (χ2n) is 6.59. The Morgan fingerprint density at radius 1 is 1.18 bits per heavy atom. The molecule has 0 aliphatic carbocycles. The first-order valence-corrected chi connectivity index (χ1v) is 7.90. The van der Waals surface area contributed by atoms with Gasteiger partial charge in [-0.1, -0.05) is 37.3 Å². The van der Waals surface area contributed by atoms with Gasteiger partial charge in [0.15, 0.2) is 0 Å². The molecule has 22 heavy (non-hydrogen) atoms. The normalized spacial score (nSPS) is 12.6. The number of nitrogens with zero attached hydrogens (tertiary/aromatic N) is 1. The second kappa shape index (κ2) is 7.97. The Morgan fingerprint density at radius 2 is 1.77 bits per heavy atom. The molecule has 1 aromatic rings. The topological polar surface area (TPSA) is 49.4 Å². The smallest absolute Gasteiger partial charge is 0.242 e. The van der Waals surface area contributed by atoms with Crippen molar-refractivity contribution in [3.8, 4) is 0 Å². The van der Waals surface area contributed by atoms with Gasteiger partial charge in [-0.25, -0.2) is 0 Å². The van der Waals surface area contributed by atoms with Gasteiger partial charge in [0.2, 0.25) is 11.8 Å². The van der Waals surface area contributed by atoms with Crippen LogP contribution in [0.5, 0.6) is 0 Å². The van der Waals surface area contributed by atoms with E-state index in [9.17, 15) is 9.59 Å². The summed E-state index contributed by atoms with van der Waals surface area (Å²) in [5.74, 6) is -0.102. The molecule has 0 heterocycles. The van der Waals surface area contributed by atoms with Crippen molar-refractivity contribution in [3.05, 3.63) is 35.9 Å². The van der Waals surface area contributed by atoms with E-state index in [0.717, 1.165) is 6.42 Å². The minimum atomic E-state index is -0.463. The van der Waals surface area contributed by atoms with Gasteiger partial charge in [0.25, 0.3) is 0 Å². The van der Waals surface area contributed by atoms with Crippen LogP contribution in [0.15, 0.2) is 30.3 Å². The number of rotatable bonds is 6. The lowest BCUT2D eigenvalue weighted by atomic mass is 10.1. The van der Waals surface area contributed by atoms with Crippen LogP contribution in [0.2, 0.25) is 0 Å². The molecule has 1 rings (SSSR count). The summed E-state index contributed by atoms with van der Waals surface area (Å²) in [6, 6.07) is 9.55.